The molecule has 0 bridgehead atoms. The van der Waals surface area contributed by atoms with E-state index >= 15 is 0 Å². The van der Waals surface area contributed by atoms with Crippen molar-refractivity contribution in [3.05, 3.63) is 0 Å². The molecule has 0 radical (unpaired) electrons. The summed E-state index contributed by atoms with van der Waals surface area (Å²) in [4.78, 5) is 24.7. The number of amides is 2. The first-order valence-electron chi connectivity index (χ1n) is 6.88. The van der Waals surface area contributed by atoms with E-state index in [-0.39, 0.29) is 30.0 Å². The zero-order chi connectivity index (χ0) is 14.8. The van der Waals surface area contributed by atoms with Gasteiger partial charge in [-0.25, -0.2) is 4.79 Å². The molecule has 0 aliphatic heterocycles. The van der Waals surface area contributed by atoms with Crippen molar-refractivity contribution in [2.75, 3.05) is 7.05 Å². The van der Waals surface area contributed by atoms with Gasteiger partial charge in [0.1, 0.15) is 0 Å². The van der Waals surface area contributed by atoms with Crippen LogP contribution in [0.4, 0.5) is 4.79 Å². The Morgan fingerprint density at radius 1 is 1.37 bits per heavy atom. The van der Waals surface area contributed by atoms with Crippen molar-refractivity contribution < 1.29 is 14.7 Å². The molecule has 2 atom stereocenters. The molecule has 1 aliphatic rings. The molecule has 19 heavy (non-hydrogen) atoms. The predicted octanol–water partition coefficient (Wildman–Crippen LogP) is 2.32. The van der Waals surface area contributed by atoms with Crippen LogP contribution in [0.3, 0.4) is 0 Å². The minimum Gasteiger partial charge on any atom is -0.481 e. The Kier molecular flexibility index (Phi) is 4.82. The fraction of sp³-hybridized carbons (Fsp3) is 0.857. The smallest absolute Gasteiger partial charge is 0.317 e. The summed E-state index contributed by atoms with van der Waals surface area (Å²) >= 11 is 0. The largest absolute Gasteiger partial charge is 0.481 e. The highest BCUT2D eigenvalue weighted by Gasteiger charge is 2.35. The Hall–Kier alpha value is -1.26. The van der Waals surface area contributed by atoms with E-state index in [2.05, 4.69) is 26.1 Å². The van der Waals surface area contributed by atoms with Gasteiger partial charge < -0.3 is 15.3 Å². The monoisotopic (exact) mass is 270 g/mol. The molecule has 0 spiro atoms. The van der Waals surface area contributed by atoms with Gasteiger partial charge in [-0.05, 0) is 31.1 Å². The number of nitrogens with zero attached hydrogens (tertiary/aromatic N) is 1. The molecule has 0 saturated heterocycles. The summed E-state index contributed by atoms with van der Waals surface area (Å²) in [6.07, 6.45) is 2.03. The molecular formula is C14H26N2O3. The summed E-state index contributed by atoms with van der Waals surface area (Å²) in [6.45, 7) is 8.24. The minimum absolute atomic E-state index is 0.00599. The van der Waals surface area contributed by atoms with Crippen LogP contribution in [0.15, 0.2) is 0 Å². The number of hydrogen-bond acceptors (Lipinski definition) is 2. The van der Waals surface area contributed by atoms with Crippen LogP contribution in [-0.4, -0.2) is 41.1 Å². The summed E-state index contributed by atoms with van der Waals surface area (Å²) < 4.78 is 0. The van der Waals surface area contributed by atoms with Crippen molar-refractivity contribution in [3.63, 3.8) is 0 Å². The number of carboxylic acid groups (broad SMARTS) is 1. The van der Waals surface area contributed by atoms with E-state index in [0.717, 1.165) is 12.8 Å². The first kappa shape index (κ1) is 15.8. The van der Waals surface area contributed by atoms with Gasteiger partial charge in [0, 0.05) is 19.1 Å². The van der Waals surface area contributed by atoms with Gasteiger partial charge in [0.25, 0.3) is 0 Å². The van der Waals surface area contributed by atoms with E-state index in [9.17, 15) is 9.59 Å². The molecule has 5 nitrogen and oxygen atoms in total. The zero-order valence-electron chi connectivity index (χ0n) is 12.6. The maximum atomic E-state index is 12.2. The van der Waals surface area contributed by atoms with Crippen molar-refractivity contribution in [2.24, 2.45) is 11.3 Å². The summed E-state index contributed by atoms with van der Waals surface area (Å²) in [7, 11) is 1.76. The lowest BCUT2D eigenvalue weighted by Gasteiger charge is -2.36. The maximum absolute atomic E-state index is 12.2. The number of carboxylic acids is 1. The molecule has 0 heterocycles. The third-order valence-electron chi connectivity index (χ3n) is 4.05. The second-order valence-corrected chi connectivity index (χ2v) is 6.64. The van der Waals surface area contributed by atoms with Crippen LogP contribution in [0.1, 0.15) is 47.0 Å². The normalized spacial score (nSPS) is 18.6. The Morgan fingerprint density at radius 2 is 1.89 bits per heavy atom. The molecule has 1 rings (SSSR count). The van der Waals surface area contributed by atoms with Crippen molar-refractivity contribution in [1.82, 2.24) is 10.2 Å². The SMILES string of the molecule is CC(N(C)C(=O)NC(CC(=O)O)C1CC1)C(C)(C)C. The third-order valence-corrected chi connectivity index (χ3v) is 4.05. The molecule has 5 heteroatoms. The van der Waals surface area contributed by atoms with Crippen LogP contribution in [0, 0.1) is 11.3 Å². The van der Waals surface area contributed by atoms with Crippen LogP contribution in [0.5, 0.6) is 0 Å². The quantitative estimate of drug-likeness (QED) is 0.805. The second kappa shape index (κ2) is 5.80. The van der Waals surface area contributed by atoms with Crippen molar-refractivity contribution in [1.29, 1.82) is 0 Å². The van der Waals surface area contributed by atoms with Gasteiger partial charge in [0.2, 0.25) is 0 Å². The van der Waals surface area contributed by atoms with E-state index in [0.29, 0.717) is 5.92 Å². The first-order chi connectivity index (χ1) is 8.62. The molecule has 0 aromatic carbocycles. The number of rotatable bonds is 5. The van der Waals surface area contributed by atoms with Gasteiger partial charge in [-0.15, -0.1) is 0 Å². The molecule has 2 unspecified atom stereocenters. The molecular weight excluding hydrogens is 244 g/mol. The summed E-state index contributed by atoms with van der Waals surface area (Å²) in [5.41, 5.74) is -0.00599. The maximum Gasteiger partial charge on any atom is 0.317 e. The lowest BCUT2D eigenvalue weighted by molar-refractivity contribution is -0.137. The molecule has 0 aromatic rings. The highest BCUT2D eigenvalue weighted by molar-refractivity contribution is 5.76. The number of aliphatic carboxylic acids is 1. The number of hydrogen-bond donors (Lipinski definition) is 2. The lowest BCUT2D eigenvalue weighted by atomic mass is 9.87. The minimum atomic E-state index is -0.858. The first-order valence-corrected chi connectivity index (χ1v) is 6.88. The molecule has 2 amide bonds. The van der Waals surface area contributed by atoms with Gasteiger partial charge in [0.05, 0.1) is 6.42 Å². The summed E-state index contributed by atoms with van der Waals surface area (Å²) in [5.74, 6) is -0.526. The summed E-state index contributed by atoms with van der Waals surface area (Å²) in [6, 6.07) is -0.336. The third kappa shape index (κ3) is 4.73. The van der Waals surface area contributed by atoms with Crippen LogP contribution in [-0.2, 0) is 4.79 Å². The molecule has 1 saturated carbocycles. The number of carbonyl (C=O) groups is 2. The van der Waals surface area contributed by atoms with Crippen molar-refractivity contribution >= 4 is 12.0 Å². The Morgan fingerprint density at radius 3 is 2.26 bits per heavy atom. The predicted molar refractivity (Wildman–Crippen MR) is 74.0 cm³/mol. The molecule has 1 aliphatic carbocycles. The molecule has 0 aromatic heterocycles. The number of urea groups is 1. The van der Waals surface area contributed by atoms with E-state index in [1.54, 1.807) is 11.9 Å². The summed E-state index contributed by atoms with van der Waals surface area (Å²) in [5, 5.41) is 11.8. The van der Waals surface area contributed by atoms with Gasteiger partial charge in [-0.1, -0.05) is 20.8 Å². The van der Waals surface area contributed by atoms with E-state index in [1.165, 1.54) is 0 Å². The topological polar surface area (TPSA) is 69.6 Å². The fourth-order valence-electron chi connectivity index (χ4n) is 2.04. The molecule has 2 N–H and O–H groups in total. The van der Waals surface area contributed by atoms with Crippen molar-refractivity contribution in [2.45, 2.75) is 59.0 Å². The van der Waals surface area contributed by atoms with Crippen LogP contribution in [0.2, 0.25) is 0 Å². The number of nitrogens with one attached hydrogen (secondary N) is 1. The van der Waals surface area contributed by atoms with Gasteiger partial charge in [0.15, 0.2) is 0 Å². The van der Waals surface area contributed by atoms with Crippen molar-refractivity contribution in [3.8, 4) is 0 Å². The fourth-order valence-corrected chi connectivity index (χ4v) is 2.04. The lowest BCUT2D eigenvalue weighted by Crippen LogP contribution is -2.51. The Labute approximate surface area is 115 Å². The Bertz CT molecular complexity index is 345. The van der Waals surface area contributed by atoms with Gasteiger partial charge >= 0.3 is 12.0 Å². The average molecular weight is 270 g/mol. The molecule has 1 fully saturated rings. The number of carbonyl (C=O) groups excluding carboxylic acids is 1. The molecule has 110 valence electrons. The van der Waals surface area contributed by atoms with E-state index in [1.807, 2.05) is 6.92 Å². The average Bonchev–Trinajstić information content (AvgIpc) is 3.07. The van der Waals surface area contributed by atoms with E-state index in [4.69, 9.17) is 5.11 Å². The standard InChI is InChI=1S/C14H26N2O3/c1-9(14(2,3)4)16(5)13(19)15-11(8-12(17)18)10-6-7-10/h9-11H,6-8H2,1-5H3,(H,15,19)(H,17,18). The zero-order valence-corrected chi connectivity index (χ0v) is 12.6. The van der Waals surface area contributed by atoms with Crippen LogP contribution < -0.4 is 5.32 Å². The van der Waals surface area contributed by atoms with Crippen LogP contribution >= 0.6 is 0 Å². The highest BCUT2D eigenvalue weighted by Crippen LogP contribution is 2.34. The second-order valence-electron chi connectivity index (χ2n) is 6.64. The van der Waals surface area contributed by atoms with E-state index < -0.39 is 5.97 Å². The highest BCUT2D eigenvalue weighted by atomic mass is 16.4. The van der Waals surface area contributed by atoms with Crippen LogP contribution in [0.25, 0.3) is 0 Å². The van der Waals surface area contributed by atoms with Gasteiger partial charge in [-0.3, -0.25) is 4.79 Å². The van der Waals surface area contributed by atoms with Gasteiger partial charge in [-0.2, -0.15) is 0 Å². The Balaban J connectivity index is 2.58.